The number of benzene rings is 1. The summed E-state index contributed by atoms with van der Waals surface area (Å²) in [6.45, 7) is 2.49. The first-order valence-corrected chi connectivity index (χ1v) is 5.49. The van der Waals surface area contributed by atoms with Gasteiger partial charge in [0.25, 0.3) is 0 Å². The number of nitrogens with zero attached hydrogens (tertiary/aromatic N) is 3. The number of aryl methyl sites for hydroxylation is 1. The molecule has 1 atom stereocenters. The van der Waals surface area contributed by atoms with Gasteiger partial charge in [-0.3, -0.25) is 0 Å². The molecule has 0 spiro atoms. The summed E-state index contributed by atoms with van der Waals surface area (Å²) >= 11 is 0. The number of hydrogen-bond donors (Lipinski definition) is 1. The molecule has 0 amide bonds. The van der Waals surface area contributed by atoms with Gasteiger partial charge in [-0.1, -0.05) is 18.2 Å². The van der Waals surface area contributed by atoms with Gasteiger partial charge in [-0.05, 0) is 13.0 Å². The summed E-state index contributed by atoms with van der Waals surface area (Å²) in [7, 11) is 1.88. The van der Waals surface area contributed by atoms with Crippen LogP contribution in [0.1, 0.15) is 24.4 Å². The van der Waals surface area contributed by atoms with Gasteiger partial charge in [0.15, 0.2) is 0 Å². The normalized spacial score (nSPS) is 12.6. The van der Waals surface area contributed by atoms with Crippen LogP contribution >= 0.6 is 0 Å². The molecule has 0 saturated carbocycles. The van der Waals surface area contributed by atoms with Crippen molar-refractivity contribution < 1.29 is 4.39 Å². The van der Waals surface area contributed by atoms with Crippen molar-refractivity contribution in [2.75, 3.05) is 0 Å². The Morgan fingerprint density at radius 3 is 2.82 bits per heavy atom. The standard InChI is InChI=1S/C12H15FN4/c1-9(10-5-3-4-6-11(10)13)14-7-12-16-15-8-17(12)2/h3-6,8-9,14H,7H2,1-2H3. The molecule has 0 bridgehead atoms. The number of aromatic nitrogens is 3. The third kappa shape index (κ3) is 2.68. The van der Waals surface area contributed by atoms with Crippen molar-refractivity contribution in [2.24, 2.45) is 7.05 Å². The lowest BCUT2D eigenvalue weighted by Crippen LogP contribution is -2.21. The van der Waals surface area contributed by atoms with Crippen molar-refractivity contribution in [3.63, 3.8) is 0 Å². The molecule has 1 unspecified atom stereocenters. The fourth-order valence-electron chi connectivity index (χ4n) is 1.65. The van der Waals surface area contributed by atoms with Gasteiger partial charge >= 0.3 is 0 Å². The van der Waals surface area contributed by atoms with E-state index in [4.69, 9.17) is 0 Å². The van der Waals surface area contributed by atoms with Gasteiger partial charge in [0.1, 0.15) is 18.0 Å². The van der Waals surface area contributed by atoms with E-state index >= 15 is 0 Å². The van der Waals surface area contributed by atoms with Crippen molar-refractivity contribution >= 4 is 0 Å². The summed E-state index contributed by atoms with van der Waals surface area (Å²) in [6.07, 6.45) is 1.64. The van der Waals surface area contributed by atoms with E-state index in [-0.39, 0.29) is 11.9 Å². The summed E-state index contributed by atoms with van der Waals surface area (Å²) in [4.78, 5) is 0. The first-order chi connectivity index (χ1) is 8.18. The molecule has 17 heavy (non-hydrogen) atoms. The Balaban J connectivity index is 2.01. The molecule has 5 heteroatoms. The van der Waals surface area contributed by atoms with E-state index in [0.29, 0.717) is 12.1 Å². The molecule has 0 aliphatic heterocycles. The lowest BCUT2D eigenvalue weighted by Gasteiger charge is -2.14. The quantitative estimate of drug-likeness (QED) is 0.877. The van der Waals surface area contributed by atoms with Crippen LogP contribution in [0.25, 0.3) is 0 Å². The highest BCUT2D eigenvalue weighted by molar-refractivity contribution is 5.20. The molecule has 1 N–H and O–H groups in total. The van der Waals surface area contributed by atoms with Gasteiger partial charge < -0.3 is 9.88 Å². The molecule has 0 fully saturated rings. The lowest BCUT2D eigenvalue weighted by atomic mass is 10.1. The second kappa shape index (κ2) is 5.05. The molecule has 1 aromatic heterocycles. The zero-order chi connectivity index (χ0) is 12.3. The van der Waals surface area contributed by atoms with Crippen LogP contribution in [-0.4, -0.2) is 14.8 Å². The van der Waals surface area contributed by atoms with Crippen LogP contribution in [0.15, 0.2) is 30.6 Å². The van der Waals surface area contributed by atoms with Crippen LogP contribution in [0.4, 0.5) is 4.39 Å². The minimum atomic E-state index is -0.189. The van der Waals surface area contributed by atoms with E-state index in [2.05, 4.69) is 15.5 Å². The van der Waals surface area contributed by atoms with E-state index in [9.17, 15) is 4.39 Å². The van der Waals surface area contributed by atoms with Crippen LogP contribution < -0.4 is 5.32 Å². The molecular weight excluding hydrogens is 219 g/mol. The maximum absolute atomic E-state index is 13.5. The van der Waals surface area contributed by atoms with Crippen molar-refractivity contribution in [1.29, 1.82) is 0 Å². The first kappa shape index (κ1) is 11.7. The zero-order valence-corrected chi connectivity index (χ0v) is 9.89. The molecule has 0 aliphatic carbocycles. The summed E-state index contributed by atoms with van der Waals surface area (Å²) in [6, 6.07) is 6.71. The molecule has 0 saturated heterocycles. The minimum Gasteiger partial charge on any atom is -0.320 e. The van der Waals surface area contributed by atoms with Gasteiger partial charge in [0, 0.05) is 18.7 Å². The zero-order valence-electron chi connectivity index (χ0n) is 9.89. The van der Waals surface area contributed by atoms with Crippen LogP contribution in [0, 0.1) is 5.82 Å². The molecule has 90 valence electrons. The van der Waals surface area contributed by atoms with Crippen LogP contribution in [0.2, 0.25) is 0 Å². The molecule has 4 nitrogen and oxygen atoms in total. The largest absolute Gasteiger partial charge is 0.320 e. The molecule has 0 aliphatic rings. The first-order valence-electron chi connectivity index (χ1n) is 5.49. The summed E-state index contributed by atoms with van der Waals surface area (Å²) in [5.41, 5.74) is 0.662. The van der Waals surface area contributed by atoms with Gasteiger partial charge in [-0.15, -0.1) is 10.2 Å². The molecule has 1 heterocycles. The highest BCUT2D eigenvalue weighted by Crippen LogP contribution is 2.16. The Kier molecular flexibility index (Phi) is 3.49. The third-order valence-corrected chi connectivity index (χ3v) is 2.74. The average molecular weight is 234 g/mol. The van der Waals surface area contributed by atoms with Crippen molar-refractivity contribution in [3.8, 4) is 0 Å². The fraction of sp³-hybridized carbons (Fsp3) is 0.333. The van der Waals surface area contributed by atoms with Crippen LogP contribution in [-0.2, 0) is 13.6 Å². The molecule has 0 radical (unpaired) electrons. The van der Waals surface area contributed by atoms with Crippen LogP contribution in [0.3, 0.4) is 0 Å². The average Bonchev–Trinajstić information content (AvgIpc) is 2.72. The summed E-state index contributed by atoms with van der Waals surface area (Å²) in [5, 5.41) is 11.0. The van der Waals surface area contributed by atoms with Gasteiger partial charge in [-0.25, -0.2) is 4.39 Å². The van der Waals surface area contributed by atoms with Crippen molar-refractivity contribution in [2.45, 2.75) is 19.5 Å². The van der Waals surface area contributed by atoms with E-state index in [1.54, 1.807) is 18.5 Å². The van der Waals surface area contributed by atoms with E-state index in [1.165, 1.54) is 6.07 Å². The molecule has 2 aromatic rings. The number of hydrogen-bond acceptors (Lipinski definition) is 3. The Morgan fingerprint density at radius 2 is 2.18 bits per heavy atom. The number of nitrogens with one attached hydrogen (secondary N) is 1. The summed E-state index contributed by atoms with van der Waals surface area (Å²) in [5.74, 6) is 0.638. The molecule has 2 rings (SSSR count). The third-order valence-electron chi connectivity index (χ3n) is 2.74. The predicted molar refractivity (Wildman–Crippen MR) is 62.7 cm³/mol. The Hall–Kier alpha value is -1.75. The number of halogens is 1. The van der Waals surface area contributed by atoms with E-state index in [1.807, 2.05) is 24.6 Å². The van der Waals surface area contributed by atoms with Gasteiger partial charge in [-0.2, -0.15) is 0 Å². The fourth-order valence-corrected chi connectivity index (χ4v) is 1.65. The maximum Gasteiger partial charge on any atom is 0.146 e. The van der Waals surface area contributed by atoms with E-state index < -0.39 is 0 Å². The Labute approximate surface area is 99.5 Å². The molecule has 1 aromatic carbocycles. The van der Waals surface area contributed by atoms with Crippen molar-refractivity contribution in [3.05, 3.63) is 47.8 Å². The van der Waals surface area contributed by atoms with Gasteiger partial charge in [0.05, 0.1) is 6.54 Å². The smallest absolute Gasteiger partial charge is 0.146 e. The second-order valence-corrected chi connectivity index (χ2v) is 3.98. The Bertz CT molecular complexity index is 495. The van der Waals surface area contributed by atoms with Gasteiger partial charge in [0.2, 0.25) is 0 Å². The summed E-state index contributed by atoms with van der Waals surface area (Å²) < 4.78 is 15.3. The highest BCUT2D eigenvalue weighted by Gasteiger charge is 2.10. The van der Waals surface area contributed by atoms with Crippen LogP contribution in [0.5, 0.6) is 0 Å². The van der Waals surface area contributed by atoms with Crippen molar-refractivity contribution in [1.82, 2.24) is 20.1 Å². The predicted octanol–water partition coefficient (Wildman–Crippen LogP) is 1.80. The minimum absolute atomic E-state index is 0.0621. The highest BCUT2D eigenvalue weighted by atomic mass is 19.1. The lowest BCUT2D eigenvalue weighted by molar-refractivity contribution is 0.514. The topological polar surface area (TPSA) is 42.7 Å². The monoisotopic (exact) mass is 234 g/mol. The Morgan fingerprint density at radius 1 is 1.41 bits per heavy atom. The molecular formula is C12H15FN4. The maximum atomic E-state index is 13.5. The van der Waals surface area contributed by atoms with E-state index in [0.717, 1.165) is 5.82 Å². The number of rotatable bonds is 4. The second-order valence-electron chi connectivity index (χ2n) is 3.98. The SMILES string of the molecule is CC(NCc1nncn1C)c1ccccc1F.